The van der Waals surface area contributed by atoms with Crippen molar-refractivity contribution in [2.45, 2.75) is 104 Å². The highest BCUT2D eigenvalue weighted by atomic mass is 32.1. The molecule has 10 atom stereocenters. The topological polar surface area (TPSA) is 66.8 Å². The zero-order valence-electron chi connectivity index (χ0n) is 23.0. The highest BCUT2D eigenvalue weighted by Gasteiger charge is 2.62. The summed E-state index contributed by atoms with van der Waals surface area (Å²) in [5, 5.41) is 11.3. The van der Waals surface area contributed by atoms with Gasteiger partial charge in [-0.2, -0.15) is 12.6 Å². The number of nitrogens with zero attached hydrogens (tertiary/aromatic N) is 1. The van der Waals surface area contributed by atoms with Crippen molar-refractivity contribution in [3.8, 4) is 0 Å². The van der Waals surface area contributed by atoms with Crippen LogP contribution in [-0.4, -0.2) is 65.3 Å². The molecule has 5 aliphatic rings. The molecule has 6 heteroatoms. The van der Waals surface area contributed by atoms with Gasteiger partial charge in [-0.05, 0) is 91.8 Å². The van der Waals surface area contributed by atoms with Gasteiger partial charge in [-0.3, -0.25) is 14.5 Å². The van der Waals surface area contributed by atoms with E-state index in [2.05, 4.69) is 45.2 Å². The lowest BCUT2D eigenvalue weighted by Crippen LogP contribution is -2.61. The van der Waals surface area contributed by atoms with Crippen LogP contribution in [0.25, 0.3) is 0 Å². The van der Waals surface area contributed by atoms with Gasteiger partial charge in [0.1, 0.15) is 11.6 Å². The number of ether oxygens (including phenoxy) is 1. The van der Waals surface area contributed by atoms with E-state index < -0.39 is 0 Å². The Bertz CT molecular complexity index is 849. The minimum absolute atomic E-state index is 0.0355. The number of aliphatic hydroxyl groups is 1. The zero-order valence-corrected chi connectivity index (χ0v) is 23.8. The molecule has 0 aromatic rings. The van der Waals surface area contributed by atoms with E-state index >= 15 is 0 Å². The van der Waals surface area contributed by atoms with Gasteiger partial charge in [-0.15, -0.1) is 0 Å². The summed E-state index contributed by atoms with van der Waals surface area (Å²) in [7, 11) is 0. The molecular weight excluding hydrogens is 470 g/mol. The molecule has 1 N–H and O–H groups in total. The monoisotopic (exact) mass is 519 g/mol. The van der Waals surface area contributed by atoms with Crippen LogP contribution in [-0.2, 0) is 14.3 Å². The van der Waals surface area contributed by atoms with Crippen LogP contribution >= 0.6 is 12.6 Å². The Morgan fingerprint density at radius 3 is 2.56 bits per heavy atom. The quantitative estimate of drug-likeness (QED) is 0.390. The highest BCUT2D eigenvalue weighted by Crippen LogP contribution is 2.67. The van der Waals surface area contributed by atoms with Crippen LogP contribution in [0.1, 0.15) is 85.5 Å². The van der Waals surface area contributed by atoms with Gasteiger partial charge in [0.2, 0.25) is 0 Å². The van der Waals surface area contributed by atoms with Crippen LogP contribution in [0.2, 0.25) is 0 Å². The van der Waals surface area contributed by atoms with Crippen molar-refractivity contribution < 1.29 is 19.4 Å². The van der Waals surface area contributed by atoms with Gasteiger partial charge in [-0.25, -0.2) is 0 Å². The van der Waals surface area contributed by atoms with Gasteiger partial charge in [0.25, 0.3) is 0 Å². The Labute approximate surface area is 223 Å². The maximum atomic E-state index is 13.2. The molecule has 4 aliphatic carbocycles. The van der Waals surface area contributed by atoms with Gasteiger partial charge in [-0.1, -0.05) is 27.7 Å². The van der Waals surface area contributed by atoms with E-state index in [-0.39, 0.29) is 58.7 Å². The number of thiol groups is 1. The Hall–Kier alpha value is -0.430. The van der Waals surface area contributed by atoms with Gasteiger partial charge in [0.15, 0.2) is 0 Å². The number of ketones is 2. The van der Waals surface area contributed by atoms with Crippen LogP contribution in [0.3, 0.4) is 0 Å². The summed E-state index contributed by atoms with van der Waals surface area (Å²) in [6.45, 7) is 12.0. The smallest absolute Gasteiger partial charge is 0.149 e. The van der Waals surface area contributed by atoms with Crippen LogP contribution in [0.5, 0.6) is 0 Å². The van der Waals surface area contributed by atoms with Crippen molar-refractivity contribution in [2.75, 3.05) is 25.4 Å². The molecule has 204 valence electrons. The fraction of sp³-hybridized carbons (Fsp3) is 0.933. The molecule has 1 heterocycles. The summed E-state index contributed by atoms with van der Waals surface area (Å²) in [6.07, 6.45) is 8.95. The summed E-state index contributed by atoms with van der Waals surface area (Å²) >= 11 is 4.10. The van der Waals surface area contributed by atoms with Crippen LogP contribution in [0.15, 0.2) is 0 Å². The third-order valence-electron chi connectivity index (χ3n) is 12.0. The number of carbonyl (C=O) groups is 2. The lowest BCUT2D eigenvalue weighted by molar-refractivity contribution is -0.163. The SMILES string of the molecule is CC(C)[C@@H]1CN(C2C[C@@]3(C)C(CC[C@H]4[C@@H]5CC[C@H](C(=O)CC(=O)CS)[C@@]5(C)CC[C@@H]43)CC2O)CCO1. The predicted molar refractivity (Wildman–Crippen MR) is 145 cm³/mol. The number of morpholine rings is 1. The van der Waals surface area contributed by atoms with E-state index in [0.717, 1.165) is 51.8 Å². The molecule has 0 aromatic heterocycles. The molecule has 3 unspecified atom stereocenters. The maximum absolute atomic E-state index is 13.2. The predicted octanol–water partition coefficient (Wildman–Crippen LogP) is 4.80. The number of hydrogen-bond acceptors (Lipinski definition) is 6. The molecule has 0 bridgehead atoms. The van der Waals surface area contributed by atoms with E-state index in [0.29, 0.717) is 29.6 Å². The van der Waals surface area contributed by atoms with Crippen LogP contribution < -0.4 is 0 Å². The van der Waals surface area contributed by atoms with Crippen LogP contribution in [0, 0.1) is 46.3 Å². The number of hydrogen-bond donors (Lipinski definition) is 2. The largest absolute Gasteiger partial charge is 0.391 e. The second-order valence-electron chi connectivity index (χ2n) is 13.9. The normalized spacial score (nSPS) is 47.2. The van der Waals surface area contributed by atoms with E-state index in [4.69, 9.17) is 4.74 Å². The van der Waals surface area contributed by atoms with Crippen molar-refractivity contribution in [1.82, 2.24) is 4.90 Å². The number of carbonyl (C=O) groups excluding carboxylic acids is 2. The second-order valence-corrected chi connectivity index (χ2v) is 14.2. The third-order valence-corrected chi connectivity index (χ3v) is 12.3. The van der Waals surface area contributed by atoms with Crippen molar-refractivity contribution in [1.29, 1.82) is 0 Å². The minimum Gasteiger partial charge on any atom is -0.391 e. The zero-order chi connectivity index (χ0) is 25.8. The Morgan fingerprint density at radius 1 is 1.08 bits per heavy atom. The van der Waals surface area contributed by atoms with Gasteiger partial charge in [0.05, 0.1) is 25.2 Å². The first-order valence-corrected chi connectivity index (χ1v) is 15.4. The van der Waals surface area contributed by atoms with Gasteiger partial charge in [0, 0.05) is 30.8 Å². The average Bonchev–Trinajstić information content (AvgIpc) is 3.21. The number of aliphatic hydroxyl groups excluding tert-OH is 1. The molecule has 5 fully saturated rings. The van der Waals surface area contributed by atoms with Crippen molar-refractivity contribution in [2.24, 2.45) is 46.3 Å². The minimum atomic E-state index is -0.239. The first-order valence-electron chi connectivity index (χ1n) is 14.8. The molecular formula is C30H49NO4S. The second kappa shape index (κ2) is 10.3. The molecule has 0 aromatic carbocycles. The summed E-state index contributed by atoms with van der Waals surface area (Å²) < 4.78 is 6.06. The van der Waals surface area contributed by atoms with Gasteiger partial charge < -0.3 is 9.84 Å². The van der Waals surface area contributed by atoms with E-state index in [1.54, 1.807) is 0 Å². The number of rotatable bonds is 6. The Balaban J connectivity index is 1.34. The molecule has 36 heavy (non-hydrogen) atoms. The Morgan fingerprint density at radius 2 is 1.83 bits per heavy atom. The molecule has 0 amide bonds. The molecule has 0 radical (unpaired) electrons. The number of fused-ring (bicyclic) bond motifs is 5. The lowest BCUT2D eigenvalue weighted by Gasteiger charge is -2.62. The fourth-order valence-corrected chi connectivity index (χ4v) is 10.1. The third kappa shape index (κ3) is 4.54. The summed E-state index contributed by atoms with van der Waals surface area (Å²) in [6, 6.07) is 0.230. The van der Waals surface area contributed by atoms with Crippen molar-refractivity contribution in [3.63, 3.8) is 0 Å². The fourth-order valence-electron chi connectivity index (χ4n) is 9.95. The molecule has 5 rings (SSSR count). The lowest BCUT2D eigenvalue weighted by atomic mass is 9.44. The summed E-state index contributed by atoms with van der Waals surface area (Å²) in [4.78, 5) is 27.7. The standard InChI is InChI=1S/C30H49NO4S/c1-18(2)28-16-31(11-12-35-28)25-15-30(4)19(13-27(25)34)5-6-21-22-7-8-24(26(33)14-20(32)17-36)29(22,3)10-9-23(21)30/h18-19,21-25,27-28,34,36H,5-17H2,1-4H3/t19?,21-,22-,23-,24+,25?,27?,28-,29-,30-/m0/s1. The highest BCUT2D eigenvalue weighted by molar-refractivity contribution is 7.81. The molecule has 1 aliphatic heterocycles. The first-order chi connectivity index (χ1) is 17.1. The van der Waals surface area contributed by atoms with E-state index in [1.807, 2.05) is 0 Å². The summed E-state index contributed by atoms with van der Waals surface area (Å²) in [5.41, 5.74) is 0.296. The van der Waals surface area contributed by atoms with Crippen molar-refractivity contribution >= 4 is 24.2 Å². The average molecular weight is 520 g/mol. The molecule has 4 saturated carbocycles. The van der Waals surface area contributed by atoms with E-state index in [9.17, 15) is 14.7 Å². The van der Waals surface area contributed by atoms with Crippen molar-refractivity contribution in [3.05, 3.63) is 0 Å². The Kier molecular flexibility index (Phi) is 7.75. The maximum Gasteiger partial charge on any atom is 0.149 e. The molecule has 5 nitrogen and oxygen atoms in total. The summed E-state index contributed by atoms with van der Waals surface area (Å²) in [5.74, 6) is 3.38. The molecule has 1 saturated heterocycles. The van der Waals surface area contributed by atoms with Gasteiger partial charge >= 0.3 is 0 Å². The van der Waals surface area contributed by atoms with Crippen LogP contribution in [0.4, 0.5) is 0 Å². The number of Topliss-reactive ketones (excluding diaryl/α,β-unsaturated/α-hetero) is 2. The van der Waals surface area contributed by atoms with E-state index in [1.165, 1.54) is 19.3 Å². The molecule has 0 spiro atoms. The first kappa shape index (κ1) is 27.1.